The number of thiophene rings is 2. The molecule has 1 aromatic carbocycles. The second-order valence-electron chi connectivity index (χ2n) is 6.74. The maximum absolute atomic E-state index is 12.9. The molecule has 2 amide bonds. The fourth-order valence-electron chi connectivity index (χ4n) is 3.54. The van der Waals surface area contributed by atoms with Crippen LogP contribution in [-0.2, 0) is 16.0 Å². The number of rotatable bonds is 7. The smallest absolute Gasteiger partial charge is 0.238 e. The van der Waals surface area contributed by atoms with Crippen LogP contribution in [0.1, 0.15) is 21.4 Å². The van der Waals surface area contributed by atoms with E-state index in [1.54, 1.807) is 22.7 Å². The maximum atomic E-state index is 12.9. The van der Waals surface area contributed by atoms with Crippen LogP contribution in [0.15, 0.2) is 58.1 Å². The number of para-hydroxylation sites is 1. The van der Waals surface area contributed by atoms with E-state index in [1.165, 1.54) is 27.1 Å². The third-order valence-corrected chi connectivity index (χ3v) is 7.77. The Morgan fingerprint density at radius 1 is 1.14 bits per heavy atom. The van der Waals surface area contributed by atoms with Gasteiger partial charge < -0.3 is 11.1 Å². The highest BCUT2D eigenvalue weighted by atomic mass is 32.2. The number of thioether (sulfide) groups is 1. The zero-order valence-electron chi connectivity index (χ0n) is 15.7. The second kappa shape index (κ2) is 9.13. The van der Waals surface area contributed by atoms with Gasteiger partial charge in [-0.05, 0) is 47.0 Å². The molecule has 150 valence electrons. The van der Waals surface area contributed by atoms with Gasteiger partial charge in [0.15, 0.2) is 0 Å². The number of carbonyl (C=O) groups excluding carboxylic acids is 2. The van der Waals surface area contributed by atoms with E-state index < -0.39 is 0 Å². The Morgan fingerprint density at radius 3 is 2.79 bits per heavy atom. The predicted octanol–water partition coefficient (Wildman–Crippen LogP) is 3.97. The number of primary amides is 1. The number of nitrogens with two attached hydrogens (primary N) is 1. The van der Waals surface area contributed by atoms with Crippen molar-refractivity contribution in [2.24, 2.45) is 5.73 Å². The van der Waals surface area contributed by atoms with Crippen LogP contribution in [0.4, 0.5) is 5.69 Å². The molecule has 0 saturated heterocycles. The van der Waals surface area contributed by atoms with Crippen LogP contribution < -0.4 is 11.1 Å². The lowest BCUT2D eigenvalue weighted by Crippen LogP contribution is -2.40. The monoisotopic (exact) mass is 443 g/mol. The van der Waals surface area contributed by atoms with E-state index in [9.17, 15) is 9.59 Å². The first kappa shape index (κ1) is 20.2. The Balaban J connectivity index is 1.49. The van der Waals surface area contributed by atoms with Crippen LogP contribution in [0.5, 0.6) is 0 Å². The summed E-state index contributed by atoms with van der Waals surface area (Å²) >= 11 is 4.86. The molecule has 1 atom stereocenters. The molecule has 3 N–H and O–H groups in total. The molecule has 0 bridgehead atoms. The summed E-state index contributed by atoms with van der Waals surface area (Å²) in [6, 6.07) is 14.0. The minimum Gasteiger partial charge on any atom is -0.369 e. The van der Waals surface area contributed by atoms with Crippen LogP contribution >= 0.6 is 34.4 Å². The molecule has 0 spiro atoms. The van der Waals surface area contributed by atoms with E-state index >= 15 is 0 Å². The Labute approximate surface area is 181 Å². The molecule has 1 aliphatic heterocycles. The van der Waals surface area contributed by atoms with E-state index in [0.29, 0.717) is 12.2 Å². The second-order valence-corrected chi connectivity index (χ2v) is 9.73. The van der Waals surface area contributed by atoms with Gasteiger partial charge in [-0.2, -0.15) is 0 Å². The van der Waals surface area contributed by atoms with Crippen molar-refractivity contribution in [3.8, 4) is 0 Å². The molecule has 5 nitrogen and oxygen atoms in total. The van der Waals surface area contributed by atoms with E-state index in [4.69, 9.17) is 5.73 Å². The van der Waals surface area contributed by atoms with Gasteiger partial charge in [0.2, 0.25) is 11.8 Å². The van der Waals surface area contributed by atoms with Gasteiger partial charge in [-0.1, -0.05) is 18.2 Å². The van der Waals surface area contributed by atoms with Gasteiger partial charge >= 0.3 is 0 Å². The summed E-state index contributed by atoms with van der Waals surface area (Å²) in [5.74, 6) is -0.257. The lowest BCUT2D eigenvalue weighted by molar-refractivity contribution is -0.118. The summed E-state index contributed by atoms with van der Waals surface area (Å²) in [6.45, 7) is 1.16. The van der Waals surface area contributed by atoms with E-state index in [0.717, 1.165) is 17.9 Å². The third-order valence-electron chi connectivity index (χ3n) is 4.76. The first-order valence-electron chi connectivity index (χ1n) is 9.25. The molecule has 0 fully saturated rings. The van der Waals surface area contributed by atoms with Crippen LogP contribution in [0.2, 0.25) is 0 Å². The summed E-state index contributed by atoms with van der Waals surface area (Å²) in [4.78, 5) is 29.7. The number of carbonyl (C=O) groups is 2. The number of anilines is 1. The van der Waals surface area contributed by atoms with Crippen molar-refractivity contribution >= 4 is 51.9 Å². The van der Waals surface area contributed by atoms with Gasteiger partial charge in [0.1, 0.15) is 0 Å². The standard InChI is InChI=1S/C21H21N3O2S3/c22-19(25)13-29-17-5-2-1-4-15(17)23-20(26)12-24-9-7-16-14(8-11-28-16)21(24)18-6-3-10-27-18/h1-6,8,10-11,21H,7,9,12-13H2,(H2,22,25)(H,23,26). The number of amides is 2. The number of hydrogen-bond acceptors (Lipinski definition) is 6. The van der Waals surface area contributed by atoms with Gasteiger partial charge in [-0.3, -0.25) is 14.5 Å². The van der Waals surface area contributed by atoms with Crippen molar-refractivity contribution in [3.63, 3.8) is 0 Å². The minimum absolute atomic E-state index is 0.0580. The lowest BCUT2D eigenvalue weighted by atomic mass is 9.98. The highest BCUT2D eigenvalue weighted by Gasteiger charge is 2.31. The van der Waals surface area contributed by atoms with Crippen LogP contribution in [0, 0.1) is 0 Å². The fraction of sp³-hybridized carbons (Fsp3) is 0.238. The minimum atomic E-state index is -0.380. The maximum Gasteiger partial charge on any atom is 0.238 e. The molecule has 3 aromatic rings. The molecule has 1 aliphatic rings. The highest BCUT2D eigenvalue weighted by molar-refractivity contribution is 8.00. The molecule has 4 rings (SSSR count). The van der Waals surface area contributed by atoms with Crippen LogP contribution in [0.3, 0.4) is 0 Å². The Hall–Kier alpha value is -2.13. The molecule has 2 aromatic heterocycles. The molecular weight excluding hydrogens is 422 g/mol. The number of nitrogens with zero attached hydrogens (tertiary/aromatic N) is 1. The molecule has 0 saturated carbocycles. The third kappa shape index (κ3) is 4.72. The average molecular weight is 444 g/mol. The summed E-state index contributed by atoms with van der Waals surface area (Å²) in [5, 5.41) is 7.24. The number of fused-ring (bicyclic) bond motifs is 1. The van der Waals surface area contributed by atoms with Gasteiger partial charge in [-0.15, -0.1) is 34.4 Å². The van der Waals surface area contributed by atoms with E-state index in [-0.39, 0.29) is 23.6 Å². The summed E-state index contributed by atoms with van der Waals surface area (Å²) in [7, 11) is 0. The van der Waals surface area contributed by atoms with Crippen LogP contribution in [0.25, 0.3) is 0 Å². The number of nitrogens with one attached hydrogen (secondary N) is 1. The van der Waals surface area contributed by atoms with E-state index in [2.05, 4.69) is 39.2 Å². The first-order valence-corrected chi connectivity index (χ1v) is 12.0. The quantitative estimate of drug-likeness (QED) is 0.542. The lowest BCUT2D eigenvalue weighted by Gasteiger charge is -2.34. The Kier molecular flexibility index (Phi) is 6.34. The van der Waals surface area contributed by atoms with Crippen LogP contribution in [-0.4, -0.2) is 35.6 Å². The zero-order chi connectivity index (χ0) is 20.2. The van der Waals surface area contributed by atoms with E-state index in [1.807, 2.05) is 24.3 Å². The fourth-order valence-corrected chi connectivity index (χ4v) is 6.06. The number of benzene rings is 1. The molecule has 1 unspecified atom stereocenters. The van der Waals surface area contributed by atoms with Crippen molar-refractivity contribution in [1.29, 1.82) is 0 Å². The van der Waals surface area contributed by atoms with Crippen molar-refractivity contribution in [1.82, 2.24) is 4.90 Å². The normalized spacial score (nSPS) is 16.3. The molecule has 3 heterocycles. The molecule has 29 heavy (non-hydrogen) atoms. The van der Waals surface area contributed by atoms with Crippen molar-refractivity contribution in [3.05, 3.63) is 68.5 Å². The largest absolute Gasteiger partial charge is 0.369 e. The van der Waals surface area contributed by atoms with Gasteiger partial charge in [0.05, 0.1) is 24.0 Å². The molecule has 0 aliphatic carbocycles. The highest BCUT2D eigenvalue weighted by Crippen LogP contribution is 2.39. The summed E-state index contributed by atoms with van der Waals surface area (Å²) in [6.07, 6.45) is 0.965. The Bertz CT molecular complexity index is 1000. The summed E-state index contributed by atoms with van der Waals surface area (Å²) < 4.78 is 0. The average Bonchev–Trinajstić information content (AvgIpc) is 3.39. The van der Waals surface area contributed by atoms with Gasteiger partial charge in [0, 0.05) is 21.2 Å². The van der Waals surface area contributed by atoms with Crippen molar-refractivity contribution in [2.45, 2.75) is 17.4 Å². The SMILES string of the molecule is NC(=O)CSc1ccccc1NC(=O)CN1CCc2sccc2C1c1cccs1. The van der Waals surface area contributed by atoms with Crippen molar-refractivity contribution < 1.29 is 9.59 Å². The Morgan fingerprint density at radius 2 is 2.00 bits per heavy atom. The molecule has 8 heteroatoms. The van der Waals surface area contributed by atoms with Gasteiger partial charge in [0.25, 0.3) is 0 Å². The predicted molar refractivity (Wildman–Crippen MR) is 121 cm³/mol. The molecular formula is C21H21N3O2S3. The zero-order valence-corrected chi connectivity index (χ0v) is 18.1. The number of hydrogen-bond donors (Lipinski definition) is 2. The summed E-state index contributed by atoms with van der Waals surface area (Å²) in [5.41, 5.74) is 7.28. The topological polar surface area (TPSA) is 75.4 Å². The first-order chi connectivity index (χ1) is 14.1. The van der Waals surface area contributed by atoms with Gasteiger partial charge in [-0.25, -0.2) is 0 Å². The van der Waals surface area contributed by atoms with Crippen molar-refractivity contribution in [2.75, 3.05) is 24.2 Å². The molecule has 0 radical (unpaired) electrons.